The smallest absolute Gasteiger partial charge is 0.271 e. The molecule has 3 aromatic rings. The monoisotopic (exact) mass is 418 g/mol. The molecule has 11 heteroatoms. The highest BCUT2D eigenvalue weighted by Crippen LogP contribution is 2.20. The number of aromatic amines is 2. The summed E-state index contributed by atoms with van der Waals surface area (Å²) in [5, 5.41) is 6.89. The first kappa shape index (κ1) is 19.3. The standard InChI is InChI=1S/C18H19FN6O3S/c19-14-4-2-13(3-5-14)15-10-16(23-22-15)18(26)24-6-1-7-25(9-8-24)29(27,28)17-11-20-12-21-17/h2-5,10-12H,1,6-9H2,(H,20,21)(H,22,23). The van der Waals surface area contributed by atoms with Crippen LogP contribution in [0.1, 0.15) is 16.9 Å². The highest BCUT2D eigenvalue weighted by atomic mass is 32.2. The van der Waals surface area contributed by atoms with E-state index in [1.807, 2.05) is 0 Å². The van der Waals surface area contributed by atoms with Gasteiger partial charge in [-0.25, -0.2) is 17.8 Å². The molecule has 9 nitrogen and oxygen atoms in total. The Kier molecular flexibility index (Phi) is 5.16. The van der Waals surface area contributed by atoms with E-state index in [2.05, 4.69) is 20.2 Å². The van der Waals surface area contributed by atoms with Crippen LogP contribution in [0.2, 0.25) is 0 Å². The first-order valence-corrected chi connectivity index (χ1v) is 10.5. The van der Waals surface area contributed by atoms with Gasteiger partial charge in [-0.3, -0.25) is 9.89 Å². The molecule has 1 aliphatic heterocycles. The van der Waals surface area contributed by atoms with E-state index < -0.39 is 10.0 Å². The molecule has 0 bridgehead atoms. The van der Waals surface area contributed by atoms with Crippen molar-refractivity contribution in [2.24, 2.45) is 0 Å². The number of nitrogens with zero attached hydrogens (tertiary/aromatic N) is 4. The zero-order valence-corrected chi connectivity index (χ0v) is 16.2. The van der Waals surface area contributed by atoms with Crippen molar-refractivity contribution in [3.63, 3.8) is 0 Å². The Labute approximate surface area is 166 Å². The third-order valence-electron chi connectivity index (χ3n) is 4.78. The van der Waals surface area contributed by atoms with E-state index in [4.69, 9.17) is 0 Å². The van der Waals surface area contributed by atoms with Crippen molar-refractivity contribution in [3.05, 3.63) is 54.4 Å². The third kappa shape index (κ3) is 3.91. The number of hydrogen-bond donors (Lipinski definition) is 2. The van der Waals surface area contributed by atoms with Gasteiger partial charge < -0.3 is 9.88 Å². The molecular formula is C18H19FN6O3S. The fraction of sp³-hybridized carbons (Fsp3) is 0.278. The fourth-order valence-electron chi connectivity index (χ4n) is 3.23. The van der Waals surface area contributed by atoms with Gasteiger partial charge in [-0.2, -0.15) is 9.40 Å². The van der Waals surface area contributed by atoms with E-state index in [-0.39, 0.29) is 29.8 Å². The maximum atomic E-state index is 13.1. The van der Waals surface area contributed by atoms with Crippen LogP contribution in [0.5, 0.6) is 0 Å². The molecule has 29 heavy (non-hydrogen) atoms. The predicted molar refractivity (Wildman–Crippen MR) is 102 cm³/mol. The Morgan fingerprint density at radius 1 is 1.10 bits per heavy atom. The van der Waals surface area contributed by atoms with Crippen LogP contribution in [0.25, 0.3) is 11.3 Å². The zero-order valence-electron chi connectivity index (χ0n) is 15.4. The van der Waals surface area contributed by atoms with Gasteiger partial charge in [0.25, 0.3) is 15.9 Å². The first-order valence-electron chi connectivity index (χ1n) is 9.04. The van der Waals surface area contributed by atoms with Crippen LogP contribution < -0.4 is 0 Å². The Hall–Kier alpha value is -3.05. The van der Waals surface area contributed by atoms with E-state index in [9.17, 15) is 17.6 Å². The highest BCUT2D eigenvalue weighted by Gasteiger charge is 2.29. The lowest BCUT2D eigenvalue weighted by Gasteiger charge is -2.20. The quantitative estimate of drug-likeness (QED) is 0.666. The van der Waals surface area contributed by atoms with Crippen LogP contribution in [0, 0.1) is 5.82 Å². The van der Waals surface area contributed by atoms with Crippen molar-refractivity contribution >= 4 is 15.9 Å². The molecule has 0 radical (unpaired) electrons. The molecule has 1 amide bonds. The number of H-pyrrole nitrogens is 2. The van der Waals surface area contributed by atoms with E-state index in [0.717, 1.165) is 0 Å². The van der Waals surface area contributed by atoms with Gasteiger partial charge in [-0.1, -0.05) is 0 Å². The summed E-state index contributed by atoms with van der Waals surface area (Å²) < 4.78 is 39.7. The largest absolute Gasteiger partial charge is 0.336 e. The summed E-state index contributed by atoms with van der Waals surface area (Å²) in [4.78, 5) is 20.8. The number of aromatic nitrogens is 4. The molecule has 4 rings (SSSR count). The van der Waals surface area contributed by atoms with Gasteiger partial charge in [0.2, 0.25) is 0 Å². The summed E-state index contributed by atoms with van der Waals surface area (Å²) in [7, 11) is -3.66. The van der Waals surface area contributed by atoms with Crippen LogP contribution >= 0.6 is 0 Å². The number of halogens is 1. The molecule has 1 fully saturated rings. The second kappa shape index (κ2) is 7.76. The number of imidazole rings is 1. The van der Waals surface area contributed by atoms with E-state index >= 15 is 0 Å². The average Bonchev–Trinajstić information content (AvgIpc) is 3.36. The summed E-state index contributed by atoms with van der Waals surface area (Å²) >= 11 is 0. The molecule has 1 saturated heterocycles. The van der Waals surface area contributed by atoms with Crippen molar-refractivity contribution in [3.8, 4) is 11.3 Å². The average molecular weight is 418 g/mol. The van der Waals surface area contributed by atoms with Gasteiger partial charge in [0, 0.05) is 31.7 Å². The third-order valence-corrected chi connectivity index (χ3v) is 6.61. The second-order valence-corrected chi connectivity index (χ2v) is 8.55. The van der Waals surface area contributed by atoms with E-state index in [0.29, 0.717) is 36.5 Å². The number of sulfonamides is 1. The van der Waals surface area contributed by atoms with Crippen LogP contribution in [-0.4, -0.2) is 69.9 Å². The molecule has 0 unspecified atom stereocenters. The minimum absolute atomic E-state index is 0.0368. The lowest BCUT2D eigenvalue weighted by atomic mass is 10.1. The number of carbonyl (C=O) groups is 1. The number of amides is 1. The lowest BCUT2D eigenvalue weighted by molar-refractivity contribution is 0.0758. The van der Waals surface area contributed by atoms with Gasteiger partial charge in [-0.05, 0) is 36.8 Å². The van der Waals surface area contributed by atoms with Crippen molar-refractivity contribution in [2.75, 3.05) is 26.2 Å². The summed E-state index contributed by atoms with van der Waals surface area (Å²) in [5.74, 6) is -0.605. The Morgan fingerprint density at radius 2 is 1.90 bits per heavy atom. The Morgan fingerprint density at radius 3 is 2.62 bits per heavy atom. The maximum Gasteiger partial charge on any atom is 0.271 e. The number of benzene rings is 1. The molecule has 0 atom stereocenters. The summed E-state index contributed by atoms with van der Waals surface area (Å²) in [6.45, 7) is 1.19. The fourth-order valence-corrected chi connectivity index (χ4v) is 4.60. The minimum atomic E-state index is -3.66. The minimum Gasteiger partial charge on any atom is -0.336 e. The number of rotatable bonds is 4. The van der Waals surface area contributed by atoms with Gasteiger partial charge in [0.1, 0.15) is 11.5 Å². The topological polar surface area (TPSA) is 115 Å². The summed E-state index contributed by atoms with van der Waals surface area (Å²) in [5.41, 5.74) is 1.52. The van der Waals surface area contributed by atoms with Gasteiger partial charge in [0.15, 0.2) is 5.03 Å². The van der Waals surface area contributed by atoms with Crippen molar-refractivity contribution in [2.45, 2.75) is 11.4 Å². The van der Waals surface area contributed by atoms with Crippen LogP contribution in [0.3, 0.4) is 0 Å². The molecule has 2 N–H and O–H groups in total. The van der Waals surface area contributed by atoms with Gasteiger partial charge >= 0.3 is 0 Å². The van der Waals surface area contributed by atoms with Crippen molar-refractivity contribution in [1.82, 2.24) is 29.4 Å². The van der Waals surface area contributed by atoms with Crippen molar-refractivity contribution < 1.29 is 17.6 Å². The van der Waals surface area contributed by atoms with Crippen LogP contribution in [-0.2, 0) is 10.0 Å². The number of nitrogens with one attached hydrogen (secondary N) is 2. The molecule has 2 aromatic heterocycles. The van der Waals surface area contributed by atoms with Crippen LogP contribution in [0.4, 0.5) is 4.39 Å². The highest BCUT2D eigenvalue weighted by molar-refractivity contribution is 7.89. The van der Waals surface area contributed by atoms with Crippen LogP contribution in [0.15, 0.2) is 47.9 Å². The zero-order chi connectivity index (χ0) is 20.4. The normalized spacial score (nSPS) is 16.0. The Balaban J connectivity index is 1.46. The predicted octanol–water partition coefficient (Wildman–Crippen LogP) is 1.48. The maximum absolute atomic E-state index is 13.1. The van der Waals surface area contributed by atoms with Gasteiger partial charge in [0.05, 0.1) is 18.2 Å². The van der Waals surface area contributed by atoms with Crippen molar-refractivity contribution in [1.29, 1.82) is 0 Å². The molecule has 1 aliphatic rings. The molecule has 152 valence electrons. The molecule has 0 spiro atoms. The van der Waals surface area contributed by atoms with E-state index in [1.54, 1.807) is 23.1 Å². The summed E-state index contributed by atoms with van der Waals surface area (Å²) in [6, 6.07) is 7.44. The number of hydrogen-bond acceptors (Lipinski definition) is 5. The first-order chi connectivity index (χ1) is 13.9. The lowest BCUT2D eigenvalue weighted by Crippen LogP contribution is -2.37. The number of carbonyl (C=O) groups excluding carboxylic acids is 1. The van der Waals surface area contributed by atoms with E-state index in [1.165, 1.54) is 29.0 Å². The molecule has 0 saturated carbocycles. The molecular weight excluding hydrogens is 399 g/mol. The molecule has 3 heterocycles. The molecule has 0 aliphatic carbocycles. The Bertz CT molecular complexity index is 1100. The van der Waals surface area contributed by atoms with Gasteiger partial charge in [-0.15, -0.1) is 0 Å². The molecule has 1 aromatic carbocycles. The summed E-state index contributed by atoms with van der Waals surface area (Å²) in [6.07, 6.45) is 3.10. The SMILES string of the molecule is O=C(c1cc(-c2ccc(F)cc2)n[nH]1)N1CCCN(S(=O)(=O)c2cnc[nH]2)CC1. The second-order valence-electron chi connectivity index (χ2n) is 6.64.